The van der Waals surface area contributed by atoms with E-state index in [0.717, 1.165) is 32.0 Å². The second-order valence-corrected chi connectivity index (χ2v) is 6.98. The molecule has 0 saturated carbocycles. The molecule has 7 heteroatoms. The van der Waals surface area contributed by atoms with E-state index in [1.54, 1.807) is 6.07 Å². The lowest BCUT2D eigenvalue weighted by Crippen LogP contribution is -2.49. The molecule has 0 bridgehead atoms. The molecular formula is C20H25N5O2. The van der Waals surface area contributed by atoms with Crippen molar-refractivity contribution in [1.82, 2.24) is 14.9 Å². The Morgan fingerprint density at radius 1 is 0.963 bits per heavy atom. The molecule has 0 atom stereocenters. The summed E-state index contributed by atoms with van der Waals surface area (Å²) in [7, 11) is 0. The molecule has 3 heterocycles. The molecule has 1 aromatic carbocycles. The van der Waals surface area contributed by atoms with Crippen molar-refractivity contribution in [3.8, 4) is 0 Å². The first-order valence-electron chi connectivity index (χ1n) is 9.46. The van der Waals surface area contributed by atoms with Crippen LogP contribution >= 0.6 is 0 Å². The second kappa shape index (κ2) is 7.92. The first-order valence-corrected chi connectivity index (χ1v) is 9.46. The monoisotopic (exact) mass is 367 g/mol. The summed E-state index contributed by atoms with van der Waals surface area (Å²) >= 11 is 0. The summed E-state index contributed by atoms with van der Waals surface area (Å²) in [5.74, 6) is 0.783. The number of ether oxygens (including phenoxy) is 1. The van der Waals surface area contributed by atoms with E-state index in [4.69, 9.17) is 4.74 Å². The van der Waals surface area contributed by atoms with Crippen molar-refractivity contribution in [2.75, 3.05) is 62.3 Å². The van der Waals surface area contributed by atoms with Gasteiger partial charge in [0.2, 0.25) is 0 Å². The minimum Gasteiger partial charge on any atom is -0.378 e. The molecule has 1 amide bonds. The number of nitrogens with zero attached hydrogens (tertiary/aromatic N) is 5. The van der Waals surface area contributed by atoms with Gasteiger partial charge in [-0.15, -0.1) is 0 Å². The molecule has 2 aromatic rings. The minimum atomic E-state index is -0.0178. The summed E-state index contributed by atoms with van der Waals surface area (Å²) in [4.78, 5) is 27.8. The summed E-state index contributed by atoms with van der Waals surface area (Å²) < 4.78 is 5.38. The van der Waals surface area contributed by atoms with Crippen LogP contribution in [0, 0.1) is 6.92 Å². The van der Waals surface area contributed by atoms with E-state index in [2.05, 4.69) is 51.0 Å². The van der Waals surface area contributed by atoms with Crippen molar-refractivity contribution in [2.45, 2.75) is 6.92 Å². The van der Waals surface area contributed by atoms with Crippen LogP contribution in [0.5, 0.6) is 0 Å². The molecular weight excluding hydrogens is 342 g/mol. The molecule has 27 heavy (non-hydrogen) atoms. The highest BCUT2D eigenvalue weighted by Gasteiger charge is 2.24. The van der Waals surface area contributed by atoms with Crippen LogP contribution in [0.4, 0.5) is 11.5 Å². The number of carbonyl (C=O) groups excluding carboxylic acids is 1. The van der Waals surface area contributed by atoms with Gasteiger partial charge in [0.25, 0.3) is 5.91 Å². The average Bonchev–Trinajstić information content (AvgIpc) is 2.74. The van der Waals surface area contributed by atoms with Gasteiger partial charge in [-0.2, -0.15) is 0 Å². The van der Waals surface area contributed by atoms with Crippen LogP contribution in [0.15, 0.2) is 36.7 Å². The Kier molecular flexibility index (Phi) is 5.20. The summed E-state index contributed by atoms with van der Waals surface area (Å²) in [6, 6.07) is 10.3. The zero-order chi connectivity index (χ0) is 18.6. The van der Waals surface area contributed by atoms with Crippen molar-refractivity contribution >= 4 is 17.4 Å². The minimum absolute atomic E-state index is 0.0178. The van der Waals surface area contributed by atoms with Crippen LogP contribution in [-0.4, -0.2) is 73.3 Å². The molecule has 0 unspecified atom stereocenters. The lowest BCUT2D eigenvalue weighted by atomic mass is 10.2. The number of aromatic nitrogens is 2. The predicted molar refractivity (Wildman–Crippen MR) is 104 cm³/mol. The van der Waals surface area contributed by atoms with Gasteiger partial charge in [0.1, 0.15) is 17.8 Å². The zero-order valence-electron chi connectivity index (χ0n) is 15.7. The lowest BCUT2D eigenvalue weighted by molar-refractivity contribution is 0.0740. The lowest BCUT2D eigenvalue weighted by Gasteiger charge is -2.36. The Hall–Kier alpha value is -2.67. The molecule has 0 aliphatic carbocycles. The third-order valence-corrected chi connectivity index (χ3v) is 5.14. The zero-order valence-corrected chi connectivity index (χ0v) is 15.7. The largest absolute Gasteiger partial charge is 0.378 e. The van der Waals surface area contributed by atoms with Gasteiger partial charge in [0.15, 0.2) is 0 Å². The quantitative estimate of drug-likeness (QED) is 0.821. The molecule has 2 saturated heterocycles. The maximum absolute atomic E-state index is 12.9. The third-order valence-electron chi connectivity index (χ3n) is 5.14. The third kappa shape index (κ3) is 4.03. The molecule has 0 N–H and O–H groups in total. The fourth-order valence-electron chi connectivity index (χ4n) is 3.58. The summed E-state index contributed by atoms with van der Waals surface area (Å²) in [5, 5.41) is 0. The van der Waals surface area contributed by atoms with E-state index >= 15 is 0 Å². The van der Waals surface area contributed by atoms with Gasteiger partial charge in [0.05, 0.1) is 13.2 Å². The highest BCUT2D eigenvalue weighted by molar-refractivity contribution is 5.93. The van der Waals surface area contributed by atoms with Gasteiger partial charge in [-0.1, -0.05) is 12.1 Å². The van der Waals surface area contributed by atoms with Crippen LogP contribution in [0.25, 0.3) is 0 Å². The highest BCUT2D eigenvalue weighted by atomic mass is 16.5. The van der Waals surface area contributed by atoms with Crippen LogP contribution in [0.3, 0.4) is 0 Å². The topological polar surface area (TPSA) is 61.8 Å². The molecule has 142 valence electrons. The number of amides is 1. The van der Waals surface area contributed by atoms with E-state index < -0.39 is 0 Å². The van der Waals surface area contributed by atoms with Crippen LogP contribution in [0.1, 0.15) is 16.1 Å². The van der Waals surface area contributed by atoms with Gasteiger partial charge in [-0.25, -0.2) is 9.97 Å². The van der Waals surface area contributed by atoms with Crippen molar-refractivity contribution in [1.29, 1.82) is 0 Å². The van der Waals surface area contributed by atoms with Crippen molar-refractivity contribution in [2.24, 2.45) is 0 Å². The van der Waals surface area contributed by atoms with E-state index in [1.807, 2.05) is 4.90 Å². The van der Waals surface area contributed by atoms with Gasteiger partial charge in [0, 0.05) is 51.0 Å². The Morgan fingerprint density at radius 3 is 2.48 bits per heavy atom. The number of carbonyl (C=O) groups is 1. The summed E-state index contributed by atoms with van der Waals surface area (Å²) in [5.41, 5.74) is 2.94. The number of anilines is 2. The number of hydrogen-bond acceptors (Lipinski definition) is 6. The van der Waals surface area contributed by atoms with Gasteiger partial charge in [-0.05, 0) is 24.6 Å². The normalized spacial score (nSPS) is 17.9. The fourth-order valence-corrected chi connectivity index (χ4v) is 3.58. The standard InChI is InChI=1S/C20H25N5O2/c1-16-3-2-4-17(13-16)23-5-7-25(8-6-23)20(26)18-14-19(22-15-21-18)24-9-11-27-12-10-24/h2-4,13-15H,5-12H2,1H3. The number of aryl methyl sites for hydroxylation is 1. The van der Waals surface area contributed by atoms with E-state index in [0.29, 0.717) is 32.0 Å². The van der Waals surface area contributed by atoms with E-state index in [-0.39, 0.29) is 5.91 Å². The molecule has 2 aliphatic rings. The highest BCUT2D eigenvalue weighted by Crippen LogP contribution is 2.19. The van der Waals surface area contributed by atoms with Crippen molar-refractivity contribution in [3.63, 3.8) is 0 Å². The molecule has 4 rings (SSSR count). The summed E-state index contributed by atoms with van der Waals surface area (Å²) in [6.07, 6.45) is 1.49. The van der Waals surface area contributed by atoms with Gasteiger partial charge in [-0.3, -0.25) is 4.79 Å². The molecule has 2 fully saturated rings. The van der Waals surface area contributed by atoms with E-state index in [9.17, 15) is 4.79 Å². The number of benzene rings is 1. The van der Waals surface area contributed by atoms with Crippen molar-refractivity contribution < 1.29 is 9.53 Å². The van der Waals surface area contributed by atoms with Crippen LogP contribution in [-0.2, 0) is 4.74 Å². The number of rotatable bonds is 3. The Labute approximate surface area is 159 Å². The maximum Gasteiger partial charge on any atom is 0.272 e. The Bertz CT molecular complexity index is 798. The average molecular weight is 367 g/mol. The smallest absolute Gasteiger partial charge is 0.272 e. The number of hydrogen-bond donors (Lipinski definition) is 0. The van der Waals surface area contributed by atoms with Gasteiger partial charge >= 0.3 is 0 Å². The molecule has 2 aliphatic heterocycles. The molecule has 7 nitrogen and oxygen atoms in total. The second-order valence-electron chi connectivity index (χ2n) is 6.98. The molecule has 0 spiro atoms. The molecule has 0 radical (unpaired) electrons. The van der Waals surface area contributed by atoms with Gasteiger partial charge < -0.3 is 19.4 Å². The summed E-state index contributed by atoms with van der Waals surface area (Å²) in [6.45, 7) is 8.12. The van der Waals surface area contributed by atoms with E-state index in [1.165, 1.54) is 17.6 Å². The first-order chi connectivity index (χ1) is 13.2. The van der Waals surface area contributed by atoms with Crippen molar-refractivity contribution in [3.05, 3.63) is 47.9 Å². The Balaban J connectivity index is 1.40. The molecule has 1 aromatic heterocycles. The number of piperazine rings is 1. The first kappa shape index (κ1) is 17.7. The van der Waals surface area contributed by atoms with Crippen LogP contribution in [0.2, 0.25) is 0 Å². The SMILES string of the molecule is Cc1cccc(N2CCN(C(=O)c3cc(N4CCOCC4)ncn3)CC2)c1. The van der Waals surface area contributed by atoms with Crippen LogP contribution < -0.4 is 9.80 Å². The maximum atomic E-state index is 12.9. The fraction of sp³-hybridized carbons (Fsp3) is 0.450. The predicted octanol–water partition coefficient (Wildman–Crippen LogP) is 1.58. The Morgan fingerprint density at radius 2 is 1.74 bits per heavy atom. The number of morpholine rings is 1.